The zero-order chi connectivity index (χ0) is 22.5. The van der Waals surface area contributed by atoms with Gasteiger partial charge in [-0.15, -0.1) is 11.3 Å². The number of morpholine rings is 2. The number of benzene rings is 2. The molecule has 0 spiro atoms. The molecular weight excluding hydrogens is 436 g/mol. The number of hydrogen-bond acceptors (Lipinski definition) is 7. The van der Waals surface area contributed by atoms with Crippen LogP contribution in [0.2, 0.25) is 0 Å². The Morgan fingerprint density at radius 2 is 1.64 bits per heavy atom. The Morgan fingerprint density at radius 1 is 0.939 bits per heavy atom. The minimum atomic E-state index is -0.181. The van der Waals surface area contributed by atoms with Gasteiger partial charge >= 0.3 is 0 Å². The summed E-state index contributed by atoms with van der Waals surface area (Å²) in [5.41, 5.74) is 4.62. The third kappa shape index (κ3) is 5.35. The maximum absolute atomic E-state index is 13.1. The van der Waals surface area contributed by atoms with Crippen LogP contribution in [-0.4, -0.2) is 63.5 Å². The summed E-state index contributed by atoms with van der Waals surface area (Å²) in [6, 6.07) is 16.4. The number of aromatic nitrogens is 1. The third-order valence-electron chi connectivity index (χ3n) is 5.94. The molecule has 1 N–H and O–H groups in total. The quantitative estimate of drug-likeness (QED) is 0.601. The molecule has 5 rings (SSSR count). The molecule has 172 valence electrons. The first-order valence-electron chi connectivity index (χ1n) is 11.4. The van der Waals surface area contributed by atoms with Crippen LogP contribution in [0.5, 0.6) is 0 Å². The molecule has 2 aromatic carbocycles. The van der Waals surface area contributed by atoms with Gasteiger partial charge in [0.2, 0.25) is 0 Å². The van der Waals surface area contributed by atoms with Crippen molar-refractivity contribution < 1.29 is 14.3 Å². The van der Waals surface area contributed by atoms with E-state index in [2.05, 4.69) is 44.4 Å². The lowest BCUT2D eigenvalue weighted by molar-refractivity contribution is 0.102. The first-order valence-corrected chi connectivity index (χ1v) is 12.2. The smallest absolute Gasteiger partial charge is 0.275 e. The number of ether oxygens (including phenoxy) is 2. The topological polar surface area (TPSA) is 66.9 Å². The van der Waals surface area contributed by atoms with Gasteiger partial charge in [0.05, 0.1) is 42.8 Å². The number of carbonyl (C=O) groups excluding carboxylic acids is 1. The molecule has 0 aliphatic carbocycles. The van der Waals surface area contributed by atoms with Crippen molar-refractivity contribution in [2.45, 2.75) is 6.42 Å². The summed E-state index contributed by atoms with van der Waals surface area (Å²) >= 11 is 1.52. The molecule has 0 bridgehead atoms. The van der Waals surface area contributed by atoms with Crippen molar-refractivity contribution in [3.05, 3.63) is 70.2 Å². The highest BCUT2D eigenvalue weighted by molar-refractivity contribution is 7.09. The molecule has 0 radical (unpaired) electrons. The van der Waals surface area contributed by atoms with Crippen molar-refractivity contribution in [1.82, 2.24) is 4.98 Å². The molecule has 3 heterocycles. The Morgan fingerprint density at radius 3 is 2.36 bits per heavy atom. The molecular formula is C25H28N4O3S. The first kappa shape index (κ1) is 21.9. The van der Waals surface area contributed by atoms with E-state index in [-0.39, 0.29) is 5.91 Å². The largest absolute Gasteiger partial charge is 0.378 e. The van der Waals surface area contributed by atoms with E-state index in [1.54, 1.807) is 0 Å². The molecule has 8 heteroatoms. The number of amides is 1. The van der Waals surface area contributed by atoms with Gasteiger partial charge in [-0.05, 0) is 23.8 Å². The van der Waals surface area contributed by atoms with Gasteiger partial charge in [-0.2, -0.15) is 0 Å². The second-order valence-corrected chi connectivity index (χ2v) is 9.09. The Kier molecular flexibility index (Phi) is 6.85. The summed E-state index contributed by atoms with van der Waals surface area (Å²) in [5.74, 6) is -0.181. The molecule has 0 atom stereocenters. The minimum Gasteiger partial charge on any atom is -0.378 e. The highest BCUT2D eigenvalue weighted by atomic mass is 32.1. The number of rotatable bonds is 6. The Hall–Kier alpha value is -2.94. The molecule has 33 heavy (non-hydrogen) atoms. The average Bonchev–Trinajstić information content (AvgIpc) is 3.35. The number of nitrogens with zero attached hydrogens (tertiary/aromatic N) is 3. The summed E-state index contributed by atoms with van der Waals surface area (Å²) < 4.78 is 11.0. The molecule has 2 saturated heterocycles. The molecule has 2 aliphatic rings. The fraction of sp³-hybridized carbons (Fsp3) is 0.360. The number of nitrogens with one attached hydrogen (secondary N) is 1. The zero-order valence-electron chi connectivity index (χ0n) is 18.5. The van der Waals surface area contributed by atoms with Crippen LogP contribution in [0.15, 0.2) is 53.9 Å². The van der Waals surface area contributed by atoms with Gasteiger partial charge in [0.1, 0.15) is 5.69 Å². The van der Waals surface area contributed by atoms with Gasteiger partial charge in [0.15, 0.2) is 0 Å². The average molecular weight is 465 g/mol. The lowest BCUT2D eigenvalue weighted by atomic mass is 10.1. The molecule has 1 amide bonds. The van der Waals surface area contributed by atoms with Crippen molar-refractivity contribution in [3.8, 4) is 0 Å². The number of anilines is 3. The molecule has 0 unspecified atom stereocenters. The lowest BCUT2D eigenvalue weighted by Gasteiger charge is -2.33. The summed E-state index contributed by atoms with van der Waals surface area (Å²) in [6.45, 7) is 6.19. The van der Waals surface area contributed by atoms with Crippen LogP contribution in [0.1, 0.15) is 21.1 Å². The van der Waals surface area contributed by atoms with E-state index in [1.165, 1.54) is 16.9 Å². The van der Waals surface area contributed by atoms with Gasteiger partial charge in [0, 0.05) is 43.7 Å². The lowest BCUT2D eigenvalue weighted by Crippen LogP contribution is -2.38. The highest BCUT2D eigenvalue weighted by Crippen LogP contribution is 2.32. The third-order valence-corrected chi connectivity index (χ3v) is 6.79. The van der Waals surface area contributed by atoms with E-state index >= 15 is 0 Å². The van der Waals surface area contributed by atoms with Crippen molar-refractivity contribution >= 4 is 34.3 Å². The van der Waals surface area contributed by atoms with Crippen molar-refractivity contribution in [3.63, 3.8) is 0 Å². The van der Waals surface area contributed by atoms with Crippen LogP contribution in [-0.2, 0) is 15.9 Å². The molecule has 2 aliphatic heterocycles. The normalized spacial score (nSPS) is 16.6. The monoisotopic (exact) mass is 464 g/mol. The Bertz CT molecular complexity index is 1080. The molecule has 1 aromatic heterocycles. The van der Waals surface area contributed by atoms with E-state index in [1.807, 2.05) is 29.6 Å². The highest BCUT2D eigenvalue weighted by Gasteiger charge is 2.20. The van der Waals surface area contributed by atoms with Crippen LogP contribution >= 0.6 is 11.3 Å². The minimum absolute atomic E-state index is 0.181. The number of thiazole rings is 1. The van der Waals surface area contributed by atoms with Crippen molar-refractivity contribution in [2.75, 3.05) is 67.7 Å². The summed E-state index contributed by atoms with van der Waals surface area (Å²) in [5, 5.41) is 5.88. The fourth-order valence-electron chi connectivity index (χ4n) is 4.16. The summed E-state index contributed by atoms with van der Waals surface area (Å²) in [4.78, 5) is 22.3. The predicted molar refractivity (Wildman–Crippen MR) is 132 cm³/mol. The second kappa shape index (κ2) is 10.3. The molecule has 3 aromatic rings. The van der Waals surface area contributed by atoms with E-state index in [9.17, 15) is 4.79 Å². The number of hydrogen-bond donors (Lipinski definition) is 1. The van der Waals surface area contributed by atoms with Gasteiger partial charge in [-0.25, -0.2) is 4.98 Å². The maximum atomic E-state index is 13.1. The van der Waals surface area contributed by atoms with Crippen molar-refractivity contribution in [1.29, 1.82) is 0 Å². The van der Waals surface area contributed by atoms with Crippen LogP contribution < -0.4 is 15.1 Å². The van der Waals surface area contributed by atoms with Crippen LogP contribution in [0.4, 0.5) is 17.1 Å². The van der Waals surface area contributed by atoms with Crippen molar-refractivity contribution in [2.24, 2.45) is 0 Å². The van der Waals surface area contributed by atoms with Gasteiger partial charge in [-0.3, -0.25) is 4.79 Å². The number of carbonyl (C=O) groups is 1. The van der Waals surface area contributed by atoms with E-state index in [0.717, 1.165) is 67.9 Å². The maximum Gasteiger partial charge on any atom is 0.275 e. The van der Waals surface area contributed by atoms with Crippen LogP contribution in [0.25, 0.3) is 0 Å². The van der Waals surface area contributed by atoms with Crippen LogP contribution in [0.3, 0.4) is 0 Å². The standard InChI is InChI=1S/C25H28N4O3S/c30-25(22-18-33-24(26-22)16-19-4-2-1-3-5-19)27-21-7-6-20(28-8-12-31-13-9-28)17-23(21)29-10-14-32-15-11-29/h1-7,17-18H,8-16H2,(H,27,30). The molecule has 0 saturated carbocycles. The van der Waals surface area contributed by atoms with E-state index in [0.29, 0.717) is 18.9 Å². The first-order chi connectivity index (χ1) is 16.3. The SMILES string of the molecule is O=C(Nc1ccc(N2CCOCC2)cc1N1CCOCC1)c1csc(Cc2ccccc2)n1. The fourth-order valence-corrected chi connectivity index (χ4v) is 4.97. The van der Waals surface area contributed by atoms with Crippen LogP contribution in [0, 0.1) is 0 Å². The second-order valence-electron chi connectivity index (χ2n) is 8.14. The molecule has 2 fully saturated rings. The Labute approximate surface area is 198 Å². The Balaban J connectivity index is 1.35. The molecule has 7 nitrogen and oxygen atoms in total. The summed E-state index contributed by atoms with van der Waals surface area (Å²) in [7, 11) is 0. The van der Waals surface area contributed by atoms with Gasteiger partial charge in [0.25, 0.3) is 5.91 Å². The zero-order valence-corrected chi connectivity index (χ0v) is 19.4. The predicted octanol–water partition coefficient (Wildman–Crippen LogP) is 3.66. The van der Waals surface area contributed by atoms with E-state index < -0.39 is 0 Å². The van der Waals surface area contributed by atoms with Gasteiger partial charge < -0.3 is 24.6 Å². The van der Waals surface area contributed by atoms with Gasteiger partial charge in [-0.1, -0.05) is 30.3 Å². The van der Waals surface area contributed by atoms with E-state index in [4.69, 9.17) is 9.47 Å². The summed E-state index contributed by atoms with van der Waals surface area (Å²) in [6.07, 6.45) is 0.728.